The van der Waals surface area contributed by atoms with Crippen molar-refractivity contribution < 1.29 is 9.53 Å². The first-order valence-corrected chi connectivity index (χ1v) is 6.24. The predicted octanol–water partition coefficient (Wildman–Crippen LogP) is 1.17. The molecule has 17 heavy (non-hydrogen) atoms. The maximum Gasteiger partial charge on any atom is 0.242 e. The molecule has 0 bridgehead atoms. The first-order chi connectivity index (χ1) is 7.62. The zero-order valence-corrected chi connectivity index (χ0v) is 11.3. The van der Waals surface area contributed by atoms with Gasteiger partial charge in [0.15, 0.2) is 0 Å². The molecule has 0 unspecified atom stereocenters. The molecular weight excluding hydrogens is 240 g/mol. The highest BCUT2D eigenvalue weighted by Gasteiger charge is 2.38. The molecule has 0 aromatic rings. The van der Waals surface area contributed by atoms with Crippen LogP contribution in [-0.4, -0.2) is 43.2 Å². The highest BCUT2D eigenvalue weighted by Crippen LogP contribution is 2.32. The van der Waals surface area contributed by atoms with Gasteiger partial charge >= 0.3 is 0 Å². The van der Waals surface area contributed by atoms with Gasteiger partial charge in [0, 0.05) is 26.8 Å². The minimum absolute atomic E-state index is 0. The van der Waals surface area contributed by atoms with Crippen LogP contribution in [0, 0.1) is 5.92 Å². The summed E-state index contributed by atoms with van der Waals surface area (Å²) in [5.41, 5.74) is 5.48. The van der Waals surface area contributed by atoms with Crippen LogP contribution in [0.1, 0.15) is 32.1 Å². The summed E-state index contributed by atoms with van der Waals surface area (Å²) in [6.45, 7) is 2.07. The van der Waals surface area contributed by atoms with E-state index in [9.17, 15) is 4.79 Å². The average molecular weight is 263 g/mol. The summed E-state index contributed by atoms with van der Waals surface area (Å²) in [5, 5.41) is 0. The van der Waals surface area contributed by atoms with E-state index >= 15 is 0 Å². The van der Waals surface area contributed by atoms with Gasteiger partial charge < -0.3 is 15.4 Å². The lowest BCUT2D eigenvalue weighted by Crippen LogP contribution is -2.57. The van der Waals surface area contributed by atoms with Gasteiger partial charge in [0.2, 0.25) is 5.91 Å². The van der Waals surface area contributed by atoms with Crippen LogP contribution in [0.15, 0.2) is 0 Å². The van der Waals surface area contributed by atoms with Crippen molar-refractivity contribution in [2.24, 2.45) is 11.7 Å². The second-order valence-electron chi connectivity index (χ2n) is 5.23. The van der Waals surface area contributed by atoms with Gasteiger partial charge in [0.05, 0.1) is 5.54 Å². The van der Waals surface area contributed by atoms with Crippen LogP contribution in [-0.2, 0) is 9.53 Å². The topological polar surface area (TPSA) is 55.6 Å². The zero-order chi connectivity index (χ0) is 11.6. The molecule has 2 aliphatic rings. The molecule has 1 saturated carbocycles. The van der Waals surface area contributed by atoms with Gasteiger partial charge in [-0.3, -0.25) is 4.79 Å². The Balaban J connectivity index is 0.00000144. The maximum absolute atomic E-state index is 12.2. The van der Waals surface area contributed by atoms with Crippen LogP contribution in [0.25, 0.3) is 0 Å². The van der Waals surface area contributed by atoms with Gasteiger partial charge in [-0.1, -0.05) is 12.8 Å². The number of rotatable bonds is 4. The molecule has 0 spiro atoms. The third kappa shape index (κ3) is 3.83. The Kier molecular flexibility index (Phi) is 5.22. The van der Waals surface area contributed by atoms with Crippen molar-refractivity contribution in [1.29, 1.82) is 0 Å². The number of ether oxygens (including phenoxy) is 1. The van der Waals surface area contributed by atoms with Gasteiger partial charge in [0.1, 0.15) is 0 Å². The van der Waals surface area contributed by atoms with Crippen LogP contribution in [0.4, 0.5) is 0 Å². The quantitative estimate of drug-likeness (QED) is 0.828. The summed E-state index contributed by atoms with van der Waals surface area (Å²) in [6, 6.07) is 0. The van der Waals surface area contributed by atoms with Crippen LogP contribution >= 0.6 is 12.4 Å². The van der Waals surface area contributed by atoms with Crippen molar-refractivity contribution in [2.45, 2.75) is 37.6 Å². The van der Waals surface area contributed by atoms with Gasteiger partial charge in [0.25, 0.3) is 0 Å². The molecule has 0 atom stereocenters. The molecule has 1 aliphatic heterocycles. The SMILES string of the molecule is CN(CCC1CC1)C(=O)C1(N)CCOCC1.Cl. The summed E-state index contributed by atoms with van der Waals surface area (Å²) < 4.78 is 5.25. The lowest BCUT2D eigenvalue weighted by Gasteiger charge is -2.35. The third-order valence-electron chi connectivity index (χ3n) is 3.73. The van der Waals surface area contributed by atoms with Crippen LogP contribution in [0.5, 0.6) is 0 Å². The third-order valence-corrected chi connectivity index (χ3v) is 3.73. The Morgan fingerprint density at radius 3 is 2.53 bits per heavy atom. The molecule has 2 fully saturated rings. The van der Waals surface area contributed by atoms with Gasteiger partial charge in [-0.05, 0) is 25.2 Å². The first-order valence-electron chi connectivity index (χ1n) is 6.24. The van der Waals surface area contributed by atoms with E-state index in [-0.39, 0.29) is 18.3 Å². The van der Waals surface area contributed by atoms with E-state index < -0.39 is 5.54 Å². The predicted molar refractivity (Wildman–Crippen MR) is 69.2 cm³/mol. The van der Waals surface area contributed by atoms with Crippen molar-refractivity contribution in [1.82, 2.24) is 4.90 Å². The minimum Gasteiger partial charge on any atom is -0.381 e. The number of likely N-dealkylation sites (N-methyl/N-ethyl adjacent to an activating group) is 1. The number of nitrogens with zero attached hydrogens (tertiary/aromatic N) is 1. The summed E-state index contributed by atoms with van der Waals surface area (Å²) >= 11 is 0. The van der Waals surface area contributed by atoms with Gasteiger partial charge in [-0.2, -0.15) is 0 Å². The number of amides is 1. The Morgan fingerprint density at radius 1 is 1.41 bits per heavy atom. The summed E-state index contributed by atoms with van der Waals surface area (Å²) in [7, 11) is 1.87. The molecule has 1 heterocycles. The number of carbonyl (C=O) groups excluding carboxylic acids is 1. The first kappa shape index (κ1) is 14.7. The highest BCUT2D eigenvalue weighted by molar-refractivity contribution is 5.86. The van der Waals surface area contributed by atoms with Crippen molar-refractivity contribution >= 4 is 18.3 Å². The molecule has 1 saturated heterocycles. The molecular formula is C12H23ClN2O2. The normalized spacial score (nSPS) is 22.7. The molecule has 1 amide bonds. The zero-order valence-electron chi connectivity index (χ0n) is 10.5. The van der Waals surface area contributed by atoms with Crippen molar-refractivity contribution in [3.63, 3.8) is 0 Å². The van der Waals surface area contributed by atoms with E-state index in [1.165, 1.54) is 12.8 Å². The summed E-state index contributed by atoms with van der Waals surface area (Å²) in [5.74, 6) is 0.954. The fourth-order valence-corrected chi connectivity index (χ4v) is 2.21. The molecule has 0 radical (unpaired) electrons. The minimum atomic E-state index is -0.670. The number of carbonyl (C=O) groups is 1. The van der Waals surface area contributed by atoms with Gasteiger partial charge in [-0.15, -0.1) is 12.4 Å². The summed E-state index contributed by atoms with van der Waals surface area (Å²) in [4.78, 5) is 14.0. The highest BCUT2D eigenvalue weighted by atomic mass is 35.5. The fourth-order valence-electron chi connectivity index (χ4n) is 2.21. The monoisotopic (exact) mass is 262 g/mol. The molecule has 0 aromatic heterocycles. The standard InChI is InChI=1S/C12H22N2O2.ClH/c1-14(7-4-10-2-3-10)11(15)12(13)5-8-16-9-6-12;/h10H,2-9,13H2,1H3;1H. The molecule has 4 nitrogen and oxygen atoms in total. The van der Waals surface area contributed by atoms with E-state index in [0.29, 0.717) is 26.1 Å². The van der Waals surface area contributed by atoms with E-state index in [4.69, 9.17) is 10.5 Å². The molecule has 5 heteroatoms. The average Bonchev–Trinajstić information content (AvgIpc) is 3.09. The van der Waals surface area contributed by atoms with Crippen LogP contribution in [0.3, 0.4) is 0 Å². The van der Waals surface area contributed by atoms with E-state index in [0.717, 1.165) is 18.9 Å². The smallest absolute Gasteiger partial charge is 0.242 e. The van der Waals surface area contributed by atoms with Crippen molar-refractivity contribution in [3.8, 4) is 0 Å². The maximum atomic E-state index is 12.2. The second kappa shape index (κ2) is 6.03. The summed E-state index contributed by atoms with van der Waals surface area (Å²) in [6.07, 6.45) is 5.11. The Bertz CT molecular complexity index is 263. The number of nitrogens with two attached hydrogens (primary N) is 1. The fraction of sp³-hybridized carbons (Fsp3) is 0.917. The molecule has 2 rings (SSSR count). The number of hydrogen-bond donors (Lipinski definition) is 1. The Morgan fingerprint density at radius 2 is 2.00 bits per heavy atom. The number of hydrogen-bond acceptors (Lipinski definition) is 3. The second-order valence-corrected chi connectivity index (χ2v) is 5.23. The number of halogens is 1. The van der Waals surface area contributed by atoms with Crippen LogP contribution in [0.2, 0.25) is 0 Å². The van der Waals surface area contributed by atoms with E-state index in [1.807, 2.05) is 11.9 Å². The molecule has 1 aliphatic carbocycles. The Hall–Kier alpha value is -0.320. The molecule has 2 N–H and O–H groups in total. The van der Waals surface area contributed by atoms with E-state index in [1.54, 1.807) is 0 Å². The molecule has 100 valence electrons. The van der Waals surface area contributed by atoms with E-state index in [2.05, 4.69) is 0 Å². The Labute approximate surface area is 109 Å². The van der Waals surface area contributed by atoms with Crippen LogP contribution < -0.4 is 5.73 Å². The van der Waals surface area contributed by atoms with Crippen molar-refractivity contribution in [2.75, 3.05) is 26.8 Å². The van der Waals surface area contributed by atoms with Gasteiger partial charge in [-0.25, -0.2) is 0 Å². The molecule has 0 aromatic carbocycles. The lowest BCUT2D eigenvalue weighted by molar-refractivity contribution is -0.139. The largest absolute Gasteiger partial charge is 0.381 e. The lowest BCUT2D eigenvalue weighted by atomic mass is 9.90. The van der Waals surface area contributed by atoms with Crippen molar-refractivity contribution in [3.05, 3.63) is 0 Å².